The molecule has 0 radical (unpaired) electrons. The fourth-order valence-electron chi connectivity index (χ4n) is 2.61. The Kier molecular flexibility index (Phi) is 4.84. The Bertz CT molecular complexity index is 354. The number of hydrogen-bond donors (Lipinski definition) is 1. The third-order valence-electron chi connectivity index (χ3n) is 3.49. The van der Waals surface area contributed by atoms with Crippen LogP contribution >= 0.6 is 11.6 Å². The number of piperidine rings is 1. The van der Waals surface area contributed by atoms with Crippen LogP contribution in [0.1, 0.15) is 31.2 Å². The fourth-order valence-corrected chi connectivity index (χ4v) is 2.83. The molecule has 1 heterocycles. The highest BCUT2D eigenvalue weighted by Crippen LogP contribution is 2.22. The topological polar surface area (TPSA) is 23.5 Å². The Labute approximate surface area is 108 Å². The van der Waals surface area contributed by atoms with E-state index in [0.717, 1.165) is 24.5 Å². The van der Waals surface area contributed by atoms with Gasteiger partial charge in [-0.05, 0) is 43.5 Å². The van der Waals surface area contributed by atoms with Gasteiger partial charge in [-0.15, -0.1) is 0 Å². The van der Waals surface area contributed by atoms with Gasteiger partial charge in [0.1, 0.15) is 0 Å². The van der Waals surface area contributed by atoms with E-state index in [4.69, 9.17) is 16.7 Å². The average molecular weight is 254 g/mol. The van der Waals surface area contributed by atoms with Crippen molar-refractivity contribution in [1.29, 1.82) is 0 Å². The van der Waals surface area contributed by atoms with E-state index in [2.05, 4.69) is 11.0 Å². The predicted molar refractivity (Wildman–Crippen MR) is 71.2 cm³/mol. The van der Waals surface area contributed by atoms with Crippen LogP contribution in [0.25, 0.3) is 0 Å². The highest BCUT2D eigenvalue weighted by atomic mass is 35.5. The molecule has 2 rings (SSSR count). The monoisotopic (exact) mass is 253 g/mol. The van der Waals surface area contributed by atoms with Crippen molar-refractivity contribution >= 4 is 11.6 Å². The van der Waals surface area contributed by atoms with Gasteiger partial charge in [0.15, 0.2) is 0 Å². The Hall–Kier alpha value is -0.570. The van der Waals surface area contributed by atoms with E-state index in [-0.39, 0.29) is 6.61 Å². The number of rotatable bonds is 4. The van der Waals surface area contributed by atoms with Crippen molar-refractivity contribution < 1.29 is 5.11 Å². The second kappa shape index (κ2) is 6.39. The van der Waals surface area contributed by atoms with Crippen LogP contribution in [0.4, 0.5) is 0 Å². The fraction of sp³-hybridized carbons (Fsp3) is 0.571. The van der Waals surface area contributed by atoms with Gasteiger partial charge in [-0.3, -0.25) is 4.90 Å². The lowest BCUT2D eigenvalue weighted by molar-refractivity contribution is 0.112. The number of halogens is 1. The maximum atomic E-state index is 9.10. The van der Waals surface area contributed by atoms with Crippen LogP contribution in [0.5, 0.6) is 0 Å². The van der Waals surface area contributed by atoms with Gasteiger partial charge in [0.05, 0.1) is 0 Å². The number of hydrogen-bond acceptors (Lipinski definition) is 2. The molecule has 1 aliphatic rings. The van der Waals surface area contributed by atoms with E-state index in [1.165, 1.54) is 24.8 Å². The maximum Gasteiger partial charge on any atom is 0.0445 e. The first kappa shape index (κ1) is 12.9. The Morgan fingerprint density at radius 3 is 3.00 bits per heavy atom. The van der Waals surface area contributed by atoms with Crippen LogP contribution in [0.2, 0.25) is 5.02 Å². The second-order valence-electron chi connectivity index (χ2n) is 4.76. The van der Waals surface area contributed by atoms with Gasteiger partial charge in [0, 0.05) is 24.2 Å². The quantitative estimate of drug-likeness (QED) is 0.892. The van der Waals surface area contributed by atoms with Crippen LogP contribution in [-0.2, 0) is 6.54 Å². The van der Waals surface area contributed by atoms with Gasteiger partial charge in [0.2, 0.25) is 0 Å². The van der Waals surface area contributed by atoms with Crippen molar-refractivity contribution in [3.8, 4) is 0 Å². The third-order valence-corrected chi connectivity index (χ3v) is 3.72. The van der Waals surface area contributed by atoms with Gasteiger partial charge < -0.3 is 5.11 Å². The van der Waals surface area contributed by atoms with Crippen molar-refractivity contribution in [2.24, 2.45) is 0 Å². The molecule has 1 atom stereocenters. The van der Waals surface area contributed by atoms with Gasteiger partial charge in [-0.2, -0.15) is 0 Å². The van der Waals surface area contributed by atoms with Crippen molar-refractivity contribution in [3.63, 3.8) is 0 Å². The molecule has 0 aliphatic carbocycles. The SMILES string of the molecule is OCC[C@@H]1CCCCN1Cc1cccc(Cl)c1. The first-order chi connectivity index (χ1) is 8.29. The highest BCUT2D eigenvalue weighted by Gasteiger charge is 2.21. The van der Waals surface area contributed by atoms with Gasteiger partial charge in [0.25, 0.3) is 0 Å². The van der Waals surface area contributed by atoms with Gasteiger partial charge in [-0.25, -0.2) is 0 Å². The van der Waals surface area contributed by atoms with E-state index in [1.807, 2.05) is 18.2 Å². The van der Waals surface area contributed by atoms with E-state index in [1.54, 1.807) is 0 Å². The van der Waals surface area contributed by atoms with E-state index in [0.29, 0.717) is 6.04 Å². The first-order valence-electron chi connectivity index (χ1n) is 6.39. The van der Waals surface area contributed by atoms with Crippen molar-refractivity contribution in [2.45, 2.75) is 38.3 Å². The first-order valence-corrected chi connectivity index (χ1v) is 6.77. The highest BCUT2D eigenvalue weighted by molar-refractivity contribution is 6.30. The van der Waals surface area contributed by atoms with E-state index < -0.39 is 0 Å². The summed E-state index contributed by atoms with van der Waals surface area (Å²) in [6.45, 7) is 2.37. The summed E-state index contributed by atoms with van der Waals surface area (Å²) in [5.41, 5.74) is 1.27. The molecule has 0 aromatic heterocycles. The smallest absolute Gasteiger partial charge is 0.0445 e. The third kappa shape index (κ3) is 3.70. The molecule has 0 unspecified atom stereocenters. The molecule has 1 aromatic rings. The zero-order valence-electron chi connectivity index (χ0n) is 10.1. The van der Waals surface area contributed by atoms with Crippen molar-refractivity contribution in [3.05, 3.63) is 34.9 Å². The normalized spacial score (nSPS) is 21.6. The molecule has 0 spiro atoms. The van der Waals surface area contributed by atoms with E-state index in [9.17, 15) is 0 Å². The summed E-state index contributed by atoms with van der Waals surface area (Å²) < 4.78 is 0. The Morgan fingerprint density at radius 1 is 1.35 bits per heavy atom. The number of nitrogens with zero attached hydrogens (tertiary/aromatic N) is 1. The summed E-state index contributed by atoms with van der Waals surface area (Å²) >= 11 is 6.00. The van der Waals surface area contributed by atoms with E-state index >= 15 is 0 Å². The second-order valence-corrected chi connectivity index (χ2v) is 5.20. The van der Waals surface area contributed by atoms with Crippen molar-refractivity contribution in [2.75, 3.05) is 13.2 Å². The summed E-state index contributed by atoms with van der Waals surface area (Å²) in [5.74, 6) is 0. The summed E-state index contributed by atoms with van der Waals surface area (Å²) in [6.07, 6.45) is 4.65. The molecule has 0 saturated carbocycles. The van der Waals surface area contributed by atoms with Crippen LogP contribution in [0.15, 0.2) is 24.3 Å². The van der Waals surface area contributed by atoms with Crippen LogP contribution in [0.3, 0.4) is 0 Å². The predicted octanol–water partition coefficient (Wildman–Crippen LogP) is 3.08. The lowest BCUT2D eigenvalue weighted by Gasteiger charge is -2.35. The standard InChI is InChI=1S/C14H20ClNO/c15-13-5-3-4-12(10-13)11-16-8-2-1-6-14(16)7-9-17/h3-5,10,14,17H,1-2,6-9,11H2/t14-/m0/s1. The average Bonchev–Trinajstić information content (AvgIpc) is 2.32. The summed E-state index contributed by atoms with van der Waals surface area (Å²) in [7, 11) is 0. The largest absolute Gasteiger partial charge is 0.396 e. The molecule has 1 fully saturated rings. The molecule has 0 bridgehead atoms. The number of aliphatic hydroxyl groups is 1. The molecule has 1 aromatic carbocycles. The molecule has 1 aliphatic heterocycles. The molecular weight excluding hydrogens is 234 g/mol. The van der Waals surface area contributed by atoms with Gasteiger partial charge >= 0.3 is 0 Å². The molecule has 17 heavy (non-hydrogen) atoms. The summed E-state index contributed by atoms with van der Waals surface area (Å²) in [6, 6.07) is 8.60. The summed E-state index contributed by atoms with van der Waals surface area (Å²) in [4.78, 5) is 2.48. The zero-order chi connectivity index (χ0) is 12.1. The summed E-state index contributed by atoms with van der Waals surface area (Å²) in [5, 5.41) is 9.90. The number of aliphatic hydroxyl groups excluding tert-OH is 1. The molecule has 3 heteroatoms. The lowest BCUT2D eigenvalue weighted by atomic mass is 9.99. The minimum Gasteiger partial charge on any atom is -0.396 e. The van der Waals surface area contributed by atoms with Crippen LogP contribution in [-0.4, -0.2) is 29.2 Å². The Balaban J connectivity index is 2.00. The van der Waals surface area contributed by atoms with Gasteiger partial charge in [-0.1, -0.05) is 30.2 Å². The Morgan fingerprint density at radius 2 is 2.24 bits per heavy atom. The van der Waals surface area contributed by atoms with Crippen LogP contribution in [0, 0.1) is 0 Å². The molecule has 1 N–H and O–H groups in total. The van der Waals surface area contributed by atoms with Crippen molar-refractivity contribution in [1.82, 2.24) is 4.90 Å². The number of benzene rings is 1. The molecule has 1 saturated heterocycles. The minimum absolute atomic E-state index is 0.288. The molecular formula is C14H20ClNO. The molecule has 2 nitrogen and oxygen atoms in total. The minimum atomic E-state index is 0.288. The zero-order valence-corrected chi connectivity index (χ0v) is 10.9. The molecule has 0 amide bonds. The molecule has 94 valence electrons. The van der Waals surface area contributed by atoms with Crippen LogP contribution < -0.4 is 0 Å². The number of likely N-dealkylation sites (tertiary alicyclic amines) is 1. The maximum absolute atomic E-state index is 9.10. The lowest BCUT2D eigenvalue weighted by Crippen LogP contribution is -2.39.